The normalized spacial score (nSPS) is 18.3. The number of methoxy groups -OCH3 is 1. The maximum absolute atomic E-state index is 6.24. The summed E-state index contributed by atoms with van der Waals surface area (Å²) in [5.41, 5.74) is 1.21. The number of anilines is 1. The summed E-state index contributed by atoms with van der Waals surface area (Å²) in [4.78, 5) is 6.58. The summed E-state index contributed by atoms with van der Waals surface area (Å²) in [5, 5.41) is 0.685. The molecule has 1 aromatic heterocycles. The van der Waals surface area contributed by atoms with Gasteiger partial charge < -0.3 is 14.4 Å². The number of rotatable bonds is 4. The minimum Gasteiger partial charge on any atom is -0.497 e. The summed E-state index contributed by atoms with van der Waals surface area (Å²) in [6.45, 7) is 2.28. The SMILES string of the molecule is COc1cccc(C[C@H]2CN(c3ncccc3Cl)CCO2)c1. The van der Waals surface area contributed by atoms with Crippen molar-refractivity contribution in [1.29, 1.82) is 0 Å². The second-order valence-corrected chi connectivity index (χ2v) is 5.71. The molecular formula is C17H19ClN2O2. The second kappa shape index (κ2) is 6.99. The number of hydrogen-bond acceptors (Lipinski definition) is 4. The standard InChI is InChI=1S/C17H19ClN2O2/c1-21-14-5-2-4-13(10-14)11-15-12-20(8-9-22-15)17-16(18)6-3-7-19-17/h2-7,10,15H,8-9,11-12H2,1H3/t15-/m0/s1. The van der Waals surface area contributed by atoms with Gasteiger partial charge in [0, 0.05) is 25.7 Å². The van der Waals surface area contributed by atoms with Crippen molar-refractivity contribution in [2.24, 2.45) is 0 Å². The first kappa shape index (κ1) is 15.1. The highest BCUT2D eigenvalue weighted by Gasteiger charge is 2.23. The summed E-state index contributed by atoms with van der Waals surface area (Å²) >= 11 is 6.24. The molecule has 1 atom stereocenters. The molecule has 0 unspecified atom stereocenters. The number of aromatic nitrogens is 1. The molecule has 4 nitrogen and oxygen atoms in total. The number of halogens is 1. The van der Waals surface area contributed by atoms with Crippen LogP contribution in [0.5, 0.6) is 5.75 Å². The Morgan fingerprint density at radius 1 is 1.36 bits per heavy atom. The van der Waals surface area contributed by atoms with E-state index in [0.29, 0.717) is 11.6 Å². The lowest BCUT2D eigenvalue weighted by atomic mass is 10.1. The summed E-state index contributed by atoms with van der Waals surface area (Å²) in [6.07, 6.45) is 2.74. The van der Waals surface area contributed by atoms with E-state index in [9.17, 15) is 0 Å². The van der Waals surface area contributed by atoms with Crippen LogP contribution in [0.25, 0.3) is 0 Å². The predicted molar refractivity (Wildman–Crippen MR) is 87.9 cm³/mol. The average molecular weight is 319 g/mol. The number of ether oxygens (including phenoxy) is 2. The molecule has 0 spiro atoms. The van der Waals surface area contributed by atoms with Gasteiger partial charge in [0.2, 0.25) is 0 Å². The van der Waals surface area contributed by atoms with Crippen LogP contribution in [0.15, 0.2) is 42.6 Å². The van der Waals surface area contributed by atoms with Gasteiger partial charge in [0.05, 0.1) is 24.8 Å². The fourth-order valence-corrected chi connectivity index (χ4v) is 2.95. The third-order valence-electron chi connectivity index (χ3n) is 3.77. The fraction of sp³-hybridized carbons (Fsp3) is 0.353. The monoisotopic (exact) mass is 318 g/mol. The van der Waals surface area contributed by atoms with E-state index in [1.54, 1.807) is 13.3 Å². The molecule has 116 valence electrons. The van der Waals surface area contributed by atoms with E-state index < -0.39 is 0 Å². The lowest BCUT2D eigenvalue weighted by Gasteiger charge is -2.34. The number of benzene rings is 1. The van der Waals surface area contributed by atoms with Crippen LogP contribution in [0.1, 0.15) is 5.56 Å². The zero-order chi connectivity index (χ0) is 15.4. The van der Waals surface area contributed by atoms with Crippen LogP contribution in [0.4, 0.5) is 5.82 Å². The van der Waals surface area contributed by atoms with Gasteiger partial charge in [-0.2, -0.15) is 0 Å². The number of pyridine rings is 1. The van der Waals surface area contributed by atoms with Gasteiger partial charge >= 0.3 is 0 Å². The quantitative estimate of drug-likeness (QED) is 0.867. The highest BCUT2D eigenvalue weighted by Crippen LogP contribution is 2.25. The first-order valence-electron chi connectivity index (χ1n) is 7.36. The van der Waals surface area contributed by atoms with E-state index in [0.717, 1.165) is 31.1 Å². The minimum atomic E-state index is 0.124. The van der Waals surface area contributed by atoms with Crippen molar-refractivity contribution in [3.63, 3.8) is 0 Å². The van der Waals surface area contributed by atoms with E-state index in [1.807, 2.05) is 24.3 Å². The molecule has 1 aromatic carbocycles. The molecule has 0 bridgehead atoms. The molecule has 2 heterocycles. The largest absolute Gasteiger partial charge is 0.497 e. The van der Waals surface area contributed by atoms with Crippen LogP contribution in [0, 0.1) is 0 Å². The second-order valence-electron chi connectivity index (χ2n) is 5.30. The summed E-state index contributed by atoms with van der Waals surface area (Å²) in [5.74, 6) is 1.71. The summed E-state index contributed by atoms with van der Waals surface area (Å²) in [7, 11) is 1.68. The predicted octanol–water partition coefficient (Wildman–Crippen LogP) is 3.19. The molecule has 1 aliphatic rings. The van der Waals surface area contributed by atoms with Crippen LogP contribution in [0.2, 0.25) is 5.02 Å². The van der Waals surface area contributed by atoms with E-state index >= 15 is 0 Å². The summed E-state index contributed by atoms with van der Waals surface area (Å²) in [6, 6.07) is 11.8. The molecule has 5 heteroatoms. The third kappa shape index (κ3) is 3.51. The molecular weight excluding hydrogens is 300 g/mol. The maximum Gasteiger partial charge on any atom is 0.147 e. The van der Waals surface area contributed by atoms with Gasteiger partial charge in [0.25, 0.3) is 0 Å². The Balaban J connectivity index is 1.69. The van der Waals surface area contributed by atoms with Gasteiger partial charge in [0.1, 0.15) is 11.6 Å². The average Bonchev–Trinajstić information content (AvgIpc) is 2.56. The van der Waals surface area contributed by atoms with Crippen LogP contribution in [0.3, 0.4) is 0 Å². The van der Waals surface area contributed by atoms with E-state index in [-0.39, 0.29) is 6.10 Å². The third-order valence-corrected chi connectivity index (χ3v) is 4.07. The molecule has 0 amide bonds. The van der Waals surface area contributed by atoms with Gasteiger partial charge in [-0.25, -0.2) is 4.98 Å². The van der Waals surface area contributed by atoms with Crippen molar-refractivity contribution in [3.8, 4) is 5.75 Å². The molecule has 0 N–H and O–H groups in total. The molecule has 22 heavy (non-hydrogen) atoms. The molecule has 1 saturated heterocycles. The van der Waals surface area contributed by atoms with Crippen LogP contribution in [-0.2, 0) is 11.2 Å². The maximum atomic E-state index is 6.24. The van der Waals surface area contributed by atoms with Crippen LogP contribution < -0.4 is 9.64 Å². The van der Waals surface area contributed by atoms with Crippen molar-refractivity contribution in [3.05, 3.63) is 53.2 Å². The lowest BCUT2D eigenvalue weighted by molar-refractivity contribution is 0.0408. The smallest absolute Gasteiger partial charge is 0.147 e. The van der Waals surface area contributed by atoms with Gasteiger partial charge in [-0.05, 0) is 29.8 Å². The van der Waals surface area contributed by atoms with Gasteiger partial charge in [-0.1, -0.05) is 23.7 Å². The summed E-state index contributed by atoms with van der Waals surface area (Å²) < 4.78 is 11.2. The van der Waals surface area contributed by atoms with E-state index in [4.69, 9.17) is 21.1 Å². The first-order valence-corrected chi connectivity index (χ1v) is 7.74. The first-order chi connectivity index (χ1) is 10.8. The molecule has 0 radical (unpaired) electrons. The van der Waals surface area contributed by atoms with E-state index in [1.165, 1.54) is 5.56 Å². The lowest BCUT2D eigenvalue weighted by Crippen LogP contribution is -2.44. The van der Waals surface area contributed by atoms with Crippen molar-refractivity contribution in [1.82, 2.24) is 4.98 Å². The van der Waals surface area contributed by atoms with Crippen molar-refractivity contribution in [2.75, 3.05) is 31.7 Å². The van der Waals surface area contributed by atoms with Crippen LogP contribution >= 0.6 is 11.6 Å². The highest BCUT2D eigenvalue weighted by atomic mass is 35.5. The minimum absolute atomic E-state index is 0.124. The Morgan fingerprint density at radius 2 is 2.27 bits per heavy atom. The Hall–Kier alpha value is -1.78. The van der Waals surface area contributed by atoms with Crippen molar-refractivity contribution >= 4 is 17.4 Å². The topological polar surface area (TPSA) is 34.6 Å². The van der Waals surface area contributed by atoms with Crippen molar-refractivity contribution in [2.45, 2.75) is 12.5 Å². The zero-order valence-corrected chi connectivity index (χ0v) is 13.3. The number of nitrogens with zero attached hydrogens (tertiary/aromatic N) is 2. The zero-order valence-electron chi connectivity index (χ0n) is 12.5. The molecule has 3 rings (SSSR count). The Labute approximate surface area is 135 Å². The Kier molecular flexibility index (Phi) is 4.80. The fourth-order valence-electron chi connectivity index (χ4n) is 2.71. The van der Waals surface area contributed by atoms with Crippen molar-refractivity contribution < 1.29 is 9.47 Å². The number of morpholine rings is 1. The molecule has 1 aliphatic heterocycles. The molecule has 0 aliphatic carbocycles. The van der Waals surface area contributed by atoms with Crippen LogP contribution in [-0.4, -0.2) is 37.9 Å². The Morgan fingerprint density at radius 3 is 3.09 bits per heavy atom. The Bertz CT molecular complexity index is 636. The van der Waals surface area contributed by atoms with Gasteiger partial charge in [0.15, 0.2) is 0 Å². The molecule has 0 saturated carbocycles. The van der Waals surface area contributed by atoms with Gasteiger partial charge in [-0.15, -0.1) is 0 Å². The highest BCUT2D eigenvalue weighted by molar-refractivity contribution is 6.32. The molecule has 2 aromatic rings. The molecule has 1 fully saturated rings. The number of hydrogen-bond donors (Lipinski definition) is 0. The van der Waals surface area contributed by atoms with E-state index in [2.05, 4.69) is 22.0 Å². The van der Waals surface area contributed by atoms with Gasteiger partial charge in [-0.3, -0.25) is 0 Å².